The van der Waals surface area contributed by atoms with Crippen LogP contribution in [0.3, 0.4) is 0 Å². The molecule has 0 aliphatic carbocycles. The predicted molar refractivity (Wildman–Crippen MR) is 54.0 cm³/mol. The summed E-state index contributed by atoms with van der Waals surface area (Å²) in [5.41, 5.74) is -0.302. The third-order valence-electron chi connectivity index (χ3n) is 2.78. The fraction of sp³-hybridized carbons (Fsp3) is 0.778. The lowest BCUT2D eigenvalue weighted by Gasteiger charge is -2.34. The topological polar surface area (TPSA) is 64.7 Å². The zero-order valence-corrected chi connectivity index (χ0v) is 9.37. The number of hydrogen-bond donors (Lipinski definition) is 2. The minimum atomic E-state index is -0.302. The molecule has 6 heteroatoms. The van der Waals surface area contributed by atoms with E-state index in [4.69, 9.17) is 0 Å². The second-order valence-corrected chi connectivity index (χ2v) is 4.94. The summed E-state index contributed by atoms with van der Waals surface area (Å²) in [6.45, 7) is 5.85. The van der Waals surface area contributed by atoms with Crippen LogP contribution in [0.15, 0.2) is 0 Å². The van der Waals surface area contributed by atoms with Crippen molar-refractivity contribution >= 4 is 12.1 Å². The molecule has 2 saturated heterocycles. The Balaban J connectivity index is 2.32. The maximum absolute atomic E-state index is 11.9. The maximum Gasteiger partial charge on any atom is 0.323 e. The van der Waals surface area contributed by atoms with Gasteiger partial charge in [0.2, 0.25) is 0 Å². The Bertz CT molecular complexity index is 323. The van der Waals surface area contributed by atoms with E-state index in [-0.39, 0.29) is 29.9 Å². The first-order valence-electron chi connectivity index (χ1n) is 4.95. The predicted octanol–water partition coefficient (Wildman–Crippen LogP) is 0.117. The molecule has 2 aliphatic heterocycles. The lowest BCUT2D eigenvalue weighted by Crippen LogP contribution is -2.52. The van der Waals surface area contributed by atoms with E-state index in [0.717, 1.165) is 0 Å². The number of carbonyl (C=O) groups is 2. The molecule has 0 bridgehead atoms. The van der Waals surface area contributed by atoms with Crippen molar-refractivity contribution in [3.05, 3.63) is 0 Å². The van der Waals surface area contributed by atoms with Gasteiger partial charge in [0.05, 0.1) is 0 Å². The Morgan fingerprint density at radius 2 is 1.67 bits per heavy atom. The fourth-order valence-electron chi connectivity index (χ4n) is 2.09. The van der Waals surface area contributed by atoms with E-state index >= 15 is 0 Å². The smallest absolute Gasteiger partial charge is 0.314 e. The summed E-state index contributed by atoms with van der Waals surface area (Å²) in [4.78, 5) is 26.4. The highest BCUT2D eigenvalue weighted by molar-refractivity contribution is 5.85. The highest BCUT2D eigenvalue weighted by atomic mass is 16.2. The van der Waals surface area contributed by atoms with E-state index in [9.17, 15) is 9.59 Å². The van der Waals surface area contributed by atoms with Crippen LogP contribution in [0.4, 0.5) is 9.59 Å². The van der Waals surface area contributed by atoms with Gasteiger partial charge in [0, 0.05) is 12.6 Å². The van der Waals surface area contributed by atoms with Gasteiger partial charge in [0.25, 0.3) is 0 Å². The van der Waals surface area contributed by atoms with Crippen molar-refractivity contribution in [3.8, 4) is 0 Å². The normalized spacial score (nSPS) is 30.4. The molecule has 15 heavy (non-hydrogen) atoms. The third kappa shape index (κ3) is 1.32. The number of amides is 4. The van der Waals surface area contributed by atoms with Gasteiger partial charge in [0.1, 0.15) is 12.3 Å². The molecule has 2 aliphatic rings. The van der Waals surface area contributed by atoms with Gasteiger partial charge >= 0.3 is 12.1 Å². The lowest BCUT2D eigenvalue weighted by molar-refractivity contribution is 0.128. The van der Waals surface area contributed by atoms with Gasteiger partial charge in [-0.2, -0.15) is 0 Å². The first-order chi connectivity index (χ1) is 6.82. The summed E-state index contributed by atoms with van der Waals surface area (Å²) in [6.07, 6.45) is -0.528. The summed E-state index contributed by atoms with van der Waals surface area (Å²) >= 11 is 0. The molecule has 2 fully saturated rings. The zero-order valence-electron chi connectivity index (χ0n) is 9.37. The molecule has 0 unspecified atom stereocenters. The first-order valence-corrected chi connectivity index (χ1v) is 4.95. The molecule has 4 amide bonds. The van der Waals surface area contributed by atoms with Gasteiger partial charge in [-0.3, -0.25) is 4.90 Å². The van der Waals surface area contributed by atoms with Gasteiger partial charge in [-0.15, -0.1) is 0 Å². The molecule has 0 radical (unpaired) electrons. The van der Waals surface area contributed by atoms with E-state index in [0.29, 0.717) is 0 Å². The highest BCUT2D eigenvalue weighted by Gasteiger charge is 2.52. The molecule has 84 valence electrons. The quantitative estimate of drug-likeness (QED) is 0.599. The monoisotopic (exact) mass is 212 g/mol. The van der Waals surface area contributed by atoms with Gasteiger partial charge in [-0.05, 0) is 20.8 Å². The average Bonchev–Trinajstić information content (AvgIpc) is 2.51. The van der Waals surface area contributed by atoms with Crippen LogP contribution < -0.4 is 10.6 Å². The number of nitrogens with zero attached hydrogens (tertiary/aromatic N) is 2. The van der Waals surface area contributed by atoms with Gasteiger partial charge < -0.3 is 15.5 Å². The van der Waals surface area contributed by atoms with Crippen molar-refractivity contribution in [1.82, 2.24) is 20.4 Å². The van der Waals surface area contributed by atoms with Crippen molar-refractivity contribution in [1.29, 1.82) is 0 Å². The first kappa shape index (κ1) is 10.1. The van der Waals surface area contributed by atoms with E-state index in [1.54, 1.807) is 16.8 Å². The van der Waals surface area contributed by atoms with Crippen molar-refractivity contribution in [2.75, 3.05) is 7.05 Å². The fourth-order valence-corrected chi connectivity index (χ4v) is 2.09. The van der Waals surface area contributed by atoms with E-state index in [1.165, 1.54) is 0 Å². The van der Waals surface area contributed by atoms with E-state index in [1.807, 2.05) is 20.8 Å². The second kappa shape index (κ2) is 2.77. The van der Waals surface area contributed by atoms with Gasteiger partial charge in [-0.1, -0.05) is 0 Å². The molecule has 0 saturated carbocycles. The Morgan fingerprint density at radius 1 is 1.13 bits per heavy atom. The van der Waals surface area contributed by atoms with Crippen LogP contribution in [0, 0.1) is 0 Å². The summed E-state index contributed by atoms with van der Waals surface area (Å²) in [6, 6.07) is -0.288. The van der Waals surface area contributed by atoms with Crippen LogP contribution in [0.2, 0.25) is 0 Å². The number of urea groups is 2. The third-order valence-corrected chi connectivity index (χ3v) is 2.78. The van der Waals surface area contributed by atoms with Crippen LogP contribution >= 0.6 is 0 Å². The molecule has 6 nitrogen and oxygen atoms in total. The van der Waals surface area contributed by atoms with Crippen molar-refractivity contribution < 1.29 is 9.59 Å². The minimum absolute atomic E-state index is 0.0648. The molecular weight excluding hydrogens is 196 g/mol. The number of nitrogens with one attached hydrogen (secondary N) is 2. The molecule has 2 rings (SSSR count). The van der Waals surface area contributed by atoms with E-state index in [2.05, 4.69) is 10.6 Å². The van der Waals surface area contributed by atoms with Crippen molar-refractivity contribution in [2.45, 2.75) is 38.6 Å². The Hall–Kier alpha value is -1.46. The molecular formula is C9H16N4O2. The molecule has 2 N–H and O–H groups in total. The highest BCUT2D eigenvalue weighted by Crippen LogP contribution is 2.28. The SMILES string of the molecule is CN1C(=O)N(C(C)(C)C)[C@H]2NC(=O)N[C@H]21. The lowest BCUT2D eigenvalue weighted by atomic mass is 10.1. The van der Waals surface area contributed by atoms with Gasteiger partial charge in [-0.25, -0.2) is 9.59 Å². The zero-order chi connectivity index (χ0) is 11.4. The second-order valence-electron chi connectivity index (χ2n) is 4.94. The Kier molecular flexibility index (Phi) is 1.86. The number of hydrogen-bond acceptors (Lipinski definition) is 2. The standard InChI is InChI=1S/C9H16N4O2/c1-9(2,3)13-6-5(10-7(14)11-6)12(4)8(13)15/h5-6H,1-4H3,(H2,10,11,14)/t5-,6+/m0/s1. The average molecular weight is 212 g/mol. The van der Waals surface area contributed by atoms with Crippen molar-refractivity contribution in [3.63, 3.8) is 0 Å². The van der Waals surface area contributed by atoms with Gasteiger partial charge in [0.15, 0.2) is 0 Å². The Morgan fingerprint density at radius 3 is 2.20 bits per heavy atom. The molecule has 0 spiro atoms. The molecule has 2 atom stereocenters. The summed E-state index contributed by atoms with van der Waals surface area (Å²) < 4.78 is 0. The maximum atomic E-state index is 11.9. The summed E-state index contributed by atoms with van der Waals surface area (Å²) in [5, 5.41) is 5.46. The number of rotatable bonds is 0. The van der Waals surface area contributed by atoms with Crippen LogP contribution in [0.1, 0.15) is 20.8 Å². The number of carbonyl (C=O) groups excluding carboxylic acids is 2. The Labute approximate surface area is 88.6 Å². The molecule has 0 aromatic rings. The molecule has 0 aromatic carbocycles. The van der Waals surface area contributed by atoms with E-state index < -0.39 is 0 Å². The van der Waals surface area contributed by atoms with Crippen LogP contribution in [-0.4, -0.2) is 46.8 Å². The summed E-state index contributed by atoms with van der Waals surface area (Å²) in [7, 11) is 1.69. The van der Waals surface area contributed by atoms with Crippen LogP contribution in [-0.2, 0) is 0 Å². The molecule has 2 heterocycles. The van der Waals surface area contributed by atoms with Crippen LogP contribution in [0.5, 0.6) is 0 Å². The van der Waals surface area contributed by atoms with Crippen LogP contribution in [0.25, 0.3) is 0 Å². The summed E-state index contributed by atoms with van der Waals surface area (Å²) in [5.74, 6) is 0. The largest absolute Gasteiger partial charge is 0.323 e. The van der Waals surface area contributed by atoms with Crippen molar-refractivity contribution in [2.24, 2.45) is 0 Å². The number of likely N-dealkylation sites (N-methyl/N-ethyl adjacent to an activating group) is 1. The minimum Gasteiger partial charge on any atom is -0.314 e. The number of fused-ring (bicyclic) bond motifs is 1. The molecule has 0 aromatic heterocycles.